The van der Waals surface area contributed by atoms with Gasteiger partial charge in [-0.3, -0.25) is 0 Å². The van der Waals surface area contributed by atoms with Crippen LogP contribution < -0.4 is 4.74 Å². The van der Waals surface area contributed by atoms with Crippen molar-refractivity contribution in [3.05, 3.63) is 24.0 Å². The average molecular weight is 281 g/mol. The van der Waals surface area contributed by atoms with Crippen LogP contribution in [-0.4, -0.2) is 41.1 Å². The lowest BCUT2D eigenvalue weighted by Crippen LogP contribution is -2.20. The van der Waals surface area contributed by atoms with Crippen molar-refractivity contribution >= 4 is 15.5 Å². The molecule has 0 aliphatic carbocycles. The molecule has 1 fully saturated rings. The zero-order chi connectivity index (χ0) is 13.5. The van der Waals surface area contributed by atoms with Crippen LogP contribution in [0.15, 0.2) is 18.2 Å². The highest BCUT2D eigenvalue weighted by Gasteiger charge is 2.32. The fraction of sp³-hybridized carbons (Fsp3) is 0.500. The Morgan fingerprint density at radius 1 is 1.42 bits per heavy atom. The first-order valence-corrected chi connectivity index (χ1v) is 7.92. The summed E-state index contributed by atoms with van der Waals surface area (Å²) >= 11 is 0. The van der Waals surface area contributed by atoms with E-state index in [1.165, 1.54) is 0 Å². The summed E-state index contributed by atoms with van der Waals surface area (Å²) in [5.74, 6) is 1.54. The molecule has 0 saturated carbocycles. The van der Waals surface area contributed by atoms with Crippen LogP contribution in [0.1, 0.15) is 18.7 Å². The van der Waals surface area contributed by atoms with Crippen LogP contribution in [0.25, 0.3) is 5.65 Å². The zero-order valence-electron chi connectivity index (χ0n) is 10.6. The van der Waals surface area contributed by atoms with E-state index in [9.17, 15) is 8.42 Å². The largest absolute Gasteiger partial charge is 0.482 e. The van der Waals surface area contributed by atoms with Gasteiger partial charge in [0.05, 0.1) is 18.1 Å². The summed E-state index contributed by atoms with van der Waals surface area (Å²) in [7, 11) is -1.40. The minimum atomic E-state index is -2.97. The molecule has 2 aromatic heterocycles. The van der Waals surface area contributed by atoms with Crippen molar-refractivity contribution < 1.29 is 13.2 Å². The van der Waals surface area contributed by atoms with Gasteiger partial charge < -0.3 is 4.74 Å². The van der Waals surface area contributed by atoms with Crippen molar-refractivity contribution in [3.8, 4) is 5.88 Å². The molecule has 3 heterocycles. The molecule has 0 bridgehead atoms. The van der Waals surface area contributed by atoms with Gasteiger partial charge in [-0.25, -0.2) is 12.8 Å². The van der Waals surface area contributed by atoms with Gasteiger partial charge in [-0.2, -0.15) is 0 Å². The van der Waals surface area contributed by atoms with Crippen LogP contribution in [0.3, 0.4) is 0 Å². The zero-order valence-corrected chi connectivity index (χ0v) is 11.4. The molecule has 0 amide bonds. The van der Waals surface area contributed by atoms with E-state index in [4.69, 9.17) is 4.74 Å². The van der Waals surface area contributed by atoms with Gasteiger partial charge in [0, 0.05) is 6.42 Å². The van der Waals surface area contributed by atoms with E-state index in [1.807, 2.05) is 18.2 Å². The number of rotatable bonds is 3. The van der Waals surface area contributed by atoms with E-state index in [0.717, 1.165) is 6.42 Å². The highest BCUT2D eigenvalue weighted by molar-refractivity contribution is 7.92. The lowest BCUT2D eigenvalue weighted by Gasteiger charge is -2.09. The molecule has 3 rings (SSSR count). The molecule has 102 valence electrons. The normalized spacial score (nSPS) is 21.8. The Kier molecular flexibility index (Phi) is 2.93. The highest BCUT2D eigenvalue weighted by atomic mass is 32.2. The second-order valence-corrected chi connectivity index (χ2v) is 7.11. The third-order valence-electron chi connectivity index (χ3n) is 3.54. The minimum Gasteiger partial charge on any atom is -0.482 e. The maximum Gasteiger partial charge on any atom is 0.200 e. The van der Waals surface area contributed by atoms with Crippen molar-refractivity contribution in [2.45, 2.75) is 24.5 Å². The van der Waals surface area contributed by atoms with Crippen LogP contribution in [0.2, 0.25) is 0 Å². The Bertz CT molecular complexity index is 708. The fourth-order valence-electron chi connectivity index (χ4n) is 2.55. The molecule has 1 unspecified atom stereocenters. The number of hydrogen-bond acceptors (Lipinski definition) is 5. The highest BCUT2D eigenvalue weighted by Crippen LogP contribution is 2.24. The third kappa shape index (κ3) is 2.07. The number of ether oxygens (including phenoxy) is 1. The summed E-state index contributed by atoms with van der Waals surface area (Å²) in [6.07, 6.45) is 1.83. The van der Waals surface area contributed by atoms with Gasteiger partial charge in [0.25, 0.3) is 0 Å². The summed E-state index contributed by atoms with van der Waals surface area (Å²) in [5.41, 5.74) is 0.671. The van der Waals surface area contributed by atoms with Crippen LogP contribution in [0.4, 0.5) is 0 Å². The number of nitrogens with zero attached hydrogens (tertiary/aromatic N) is 3. The molecular weight excluding hydrogens is 266 g/mol. The maximum atomic E-state index is 11.9. The van der Waals surface area contributed by atoms with Gasteiger partial charge in [-0.15, -0.1) is 10.2 Å². The smallest absolute Gasteiger partial charge is 0.200 e. The molecule has 2 aromatic rings. The summed E-state index contributed by atoms with van der Waals surface area (Å²) in [4.78, 5) is 0. The number of hydrogen-bond donors (Lipinski definition) is 0. The number of pyridine rings is 1. The Labute approximate surface area is 111 Å². The summed E-state index contributed by atoms with van der Waals surface area (Å²) in [6.45, 7) is 0. The van der Waals surface area contributed by atoms with Crippen LogP contribution in [-0.2, 0) is 16.3 Å². The molecule has 6 nitrogen and oxygen atoms in total. The first-order valence-electron chi connectivity index (χ1n) is 6.20. The van der Waals surface area contributed by atoms with E-state index < -0.39 is 9.84 Å². The predicted octanol–water partition coefficient (Wildman–Crippen LogP) is 0.858. The second kappa shape index (κ2) is 4.48. The van der Waals surface area contributed by atoms with Gasteiger partial charge in [-0.05, 0) is 25.0 Å². The quantitative estimate of drug-likeness (QED) is 0.834. The SMILES string of the molecule is COc1cccc2nnc(CC3CCCS3(=O)=O)n12. The Morgan fingerprint density at radius 3 is 2.95 bits per heavy atom. The van der Waals surface area contributed by atoms with E-state index in [0.29, 0.717) is 30.2 Å². The molecule has 19 heavy (non-hydrogen) atoms. The standard InChI is InChI=1S/C12H15N3O3S/c1-18-12-6-2-5-10-13-14-11(15(10)12)8-9-4-3-7-19(9,16)17/h2,5-6,9H,3-4,7-8H2,1H3. The summed E-state index contributed by atoms with van der Waals surface area (Å²) < 4.78 is 30.8. The topological polar surface area (TPSA) is 73.6 Å². The lowest BCUT2D eigenvalue weighted by atomic mass is 10.2. The van der Waals surface area contributed by atoms with Gasteiger partial charge in [0.1, 0.15) is 5.82 Å². The van der Waals surface area contributed by atoms with Gasteiger partial charge in [-0.1, -0.05) is 6.07 Å². The number of fused-ring (bicyclic) bond motifs is 1. The molecule has 7 heteroatoms. The van der Waals surface area contributed by atoms with E-state index >= 15 is 0 Å². The van der Waals surface area contributed by atoms with Crippen LogP contribution >= 0.6 is 0 Å². The summed E-state index contributed by atoms with van der Waals surface area (Å²) in [6, 6.07) is 5.46. The van der Waals surface area contributed by atoms with Crippen molar-refractivity contribution in [1.29, 1.82) is 0 Å². The number of sulfone groups is 1. The van der Waals surface area contributed by atoms with Gasteiger partial charge >= 0.3 is 0 Å². The average Bonchev–Trinajstić information content (AvgIpc) is 2.94. The Balaban J connectivity index is 2.02. The van der Waals surface area contributed by atoms with Crippen molar-refractivity contribution in [3.63, 3.8) is 0 Å². The van der Waals surface area contributed by atoms with Crippen molar-refractivity contribution in [1.82, 2.24) is 14.6 Å². The molecule has 1 atom stereocenters. The lowest BCUT2D eigenvalue weighted by molar-refractivity contribution is 0.390. The van der Waals surface area contributed by atoms with E-state index in [1.54, 1.807) is 11.5 Å². The van der Waals surface area contributed by atoms with Crippen molar-refractivity contribution in [2.75, 3.05) is 12.9 Å². The van der Waals surface area contributed by atoms with Gasteiger partial charge in [0.15, 0.2) is 15.5 Å². The number of aromatic nitrogens is 3. The molecule has 0 N–H and O–H groups in total. The maximum absolute atomic E-state index is 11.9. The predicted molar refractivity (Wildman–Crippen MR) is 70.1 cm³/mol. The molecule has 0 spiro atoms. The molecule has 0 radical (unpaired) electrons. The van der Waals surface area contributed by atoms with Crippen LogP contribution in [0, 0.1) is 0 Å². The second-order valence-electron chi connectivity index (χ2n) is 4.71. The first kappa shape index (κ1) is 12.4. The van der Waals surface area contributed by atoms with E-state index in [-0.39, 0.29) is 11.0 Å². The van der Waals surface area contributed by atoms with Crippen molar-refractivity contribution in [2.24, 2.45) is 0 Å². The third-order valence-corrected chi connectivity index (χ3v) is 5.82. The Morgan fingerprint density at radius 2 is 2.26 bits per heavy atom. The molecule has 0 aromatic carbocycles. The van der Waals surface area contributed by atoms with E-state index in [2.05, 4.69) is 10.2 Å². The van der Waals surface area contributed by atoms with Crippen LogP contribution in [0.5, 0.6) is 5.88 Å². The number of methoxy groups -OCH3 is 1. The molecular formula is C12H15N3O3S. The van der Waals surface area contributed by atoms with Gasteiger partial charge in [0.2, 0.25) is 5.88 Å². The monoisotopic (exact) mass is 281 g/mol. The minimum absolute atomic E-state index is 0.283. The molecule has 1 aliphatic heterocycles. The molecule has 1 saturated heterocycles. The first-order chi connectivity index (χ1) is 9.12. The molecule has 1 aliphatic rings. The summed E-state index contributed by atoms with van der Waals surface area (Å²) in [5, 5.41) is 7.81. The fourth-order valence-corrected chi connectivity index (χ4v) is 4.38. The Hall–Kier alpha value is -1.63.